The maximum Gasteiger partial charge on any atom is 0.272 e. The summed E-state index contributed by atoms with van der Waals surface area (Å²) in [5.74, 6) is -0.507. The van der Waals surface area contributed by atoms with Crippen LogP contribution in [-0.4, -0.2) is 59.6 Å². The maximum atomic E-state index is 13.2. The molecule has 1 aromatic rings. The molecule has 3 N–H and O–H groups in total. The van der Waals surface area contributed by atoms with Crippen molar-refractivity contribution in [3.05, 3.63) is 41.1 Å². The standard InChI is InChI=1S/C24H33N5O4/c1-5-16-6-7-17(18(10-16)26-22(30)14(2)3)19-11-20-24(32)28(12-15(4)29(20)27-19)13-25-23(31)21-8-9-33-21/h6-7,10-11,14-15,19,21,27H,5,8-9,12-13H2,1-4H3,(H,25,31)(H,26,30). The molecule has 3 atom stereocenters. The molecule has 178 valence electrons. The SMILES string of the molecule is CCc1ccc(C2C=C3C(=O)N(CNC(=O)C4CCO4)CC(C)N3N2)c(NC(=O)C(C)C)c1. The highest BCUT2D eigenvalue weighted by Crippen LogP contribution is 2.34. The first kappa shape index (κ1) is 23.3. The number of carbonyl (C=O) groups is 3. The van der Waals surface area contributed by atoms with Gasteiger partial charge in [0.05, 0.1) is 25.4 Å². The number of piperazine rings is 1. The van der Waals surface area contributed by atoms with Gasteiger partial charge in [-0.2, -0.15) is 0 Å². The molecule has 0 radical (unpaired) electrons. The Balaban J connectivity index is 1.53. The number of fused-ring (bicyclic) bond motifs is 1. The van der Waals surface area contributed by atoms with E-state index >= 15 is 0 Å². The van der Waals surface area contributed by atoms with E-state index in [0.717, 1.165) is 23.2 Å². The Morgan fingerprint density at radius 1 is 1.30 bits per heavy atom. The highest BCUT2D eigenvalue weighted by Gasteiger charge is 2.40. The van der Waals surface area contributed by atoms with Crippen molar-refractivity contribution in [1.29, 1.82) is 0 Å². The molecule has 2 fully saturated rings. The van der Waals surface area contributed by atoms with Crippen LogP contribution in [0.5, 0.6) is 0 Å². The second-order valence-corrected chi connectivity index (χ2v) is 9.17. The predicted octanol–water partition coefficient (Wildman–Crippen LogP) is 1.68. The molecule has 33 heavy (non-hydrogen) atoms. The zero-order valence-corrected chi connectivity index (χ0v) is 19.7. The van der Waals surface area contributed by atoms with Gasteiger partial charge in [0.15, 0.2) is 0 Å². The van der Waals surface area contributed by atoms with Gasteiger partial charge in [-0.05, 0) is 36.6 Å². The number of hydrogen-bond donors (Lipinski definition) is 3. The van der Waals surface area contributed by atoms with E-state index in [0.29, 0.717) is 25.3 Å². The third-order valence-electron chi connectivity index (χ3n) is 6.37. The van der Waals surface area contributed by atoms with Crippen LogP contribution in [0.25, 0.3) is 0 Å². The lowest BCUT2D eigenvalue weighted by molar-refractivity contribution is -0.147. The van der Waals surface area contributed by atoms with Crippen molar-refractivity contribution in [2.24, 2.45) is 5.92 Å². The molecule has 3 aliphatic rings. The summed E-state index contributed by atoms with van der Waals surface area (Å²) >= 11 is 0. The van der Waals surface area contributed by atoms with E-state index in [1.165, 1.54) is 0 Å². The van der Waals surface area contributed by atoms with Crippen LogP contribution in [0.1, 0.15) is 51.3 Å². The molecule has 0 aliphatic carbocycles. The molecule has 0 bridgehead atoms. The number of hydrogen-bond acceptors (Lipinski definition) is 6. The van der Waals surface area contributed by atoms with Crippen LogP contribution in [0.15, 0.2) is 30.0 Å². The summed E-state index contributed by atoms with van der Waals surface area (Å²) in [7, 11) is 0. The summed E-state index contributed by atoms with van der Waals surface area (Å²) in [6.07, 6.45) is 3.07. The van der Waals surface area contributed by atoms with Gasteiger partial charge in [-0.3, -0.25) is 19.4 Å². The van der Waals surface area contributed by atoms with Gasteiger partial charge >= 0.3 is 0 Å². The molecule has 3 heterocycles. The first-order valence-electron chi connectivity index (χ1n) is 11.7. The lowest BCUT2D eigenvalue weighted by Crippen LogP contribution is -2.58. The van der Waals surface area contributed by atoms with Crippen molar-refractivity contribution in [2.75, 3.05) is 25.1 Å². The summed E-state index contributed by atoms with van der Waals surface area (Å²) in [4.78, 5) is 39.3. The van der Waals surface area contributed by atoms with E-state index in [1.807, 2.05) is 50.1 Å². The monoisotopic (exact) mass is 455 g/mol. The van der Waals surface area contributed by atoms with E-state index < -0.39 is 6.10 Å². The van der Waals surface area contributed by atoms with Gasteiger partial charge < -0.3 is 20.3 Å². The fourth-order valence-electron chi connectivity index (χ4n) is 4.18. The summed E-state index contributed by atoms with van der Waals surface area (Å²) in [6.45, 7) is 9.06. The van der Waals surface area contributed by atoms with E-state index in [-0.39, 0.29) is 42.4 Å². The molecular formula is C24H33N5O4. The molecule has 1 aromatic carbocycles. The predicted molar refractivity (Wildman–Crippen MR) is 124 cm³/mol. The minimum Gasteiger partial charge on any atom is -0.368 e. The smallest absolute Gasteiger partial charge is 0.272 e. The van der Waals surface area contributed by atoms with Crippen LogP contribution in [0.2, 0.25) is 0 Å². The van der Waals surface area contributed by atoms with Gasteiger partial charge in [-0.15, -0.1) is 0 Å². The molecule has 0 spiro atoms. The van der Waals surface area contributed by atoms with E-state index in [9.17, 15) is 14.4 Å². The Hall–Kier alpha value is -2.91. The number of anilines is 1. The van der Waals surface area contributed by atoms with Gasteiger partial charge in [0, 0.05) is 24.6 Å². The average Bonchev–Trinajstić information content (AvgIpc) is 3.20. The van der Waals surface area contributed by atoms with Crippen molar-refractivity contribution in [3.8, 4) is 0 Å². The minimum absolute atomic E-state index is 0.0134. The van der Waals surface area contributed by atoms with Crippen molar-refractivity contribution < 1.29 is 19.1 Å². The molecule has 9 heteroatoms. The number of amides is 3. The van der Waals surface area contributed by atoms with E-state index in [2.05, 4.69) is 23.0 Å². The number of nitrogens with zero attached hydrogens (tertiary/aromatic N) is 2. The fraction of sp³-hybridized carbons (Fsp3) is 0.542. The van der Waals surface area contributed by atoms with Gasteiger partial charge in [0.2, 0.25) is 5.91 Å². The highest BCUT2D eigenvalue weighted by atomic mass is 16.5. The Morgan fingerprint density at radius 2 is 2.06 bits per heavy atom. The van der Waals surface area contributed by atoms with Crippen molar-refractivity contribution in [3.63, 3.8) is 0 Å². The zero-order valence-electron chi connectivity index (χ0n) is 19.7. The third kappa shape index (κ3) is 4.74. The number of carbonyl (C=O) groups excluding carboxylic acids is 3. The van der Waals surface area contributed by atoms with Gasteiger partial charge in [-0.25, -0.2) is 5.43 Å². The normalized spacial score (nSPS) is 24.3. The largest absolute Gasteiger partial charge is 0.368 e. The average molecular weight is 456 g/mol. The van der Waals surface area contributed by atoms with Crippen molar-refractivity contribution in [2.45, 2.75) is 58.7 Å². The molecule has 3 aliphatic heterocycles. The molecule has 0 saturated carbocycles. The number of nitrogens with one attached hydrogen (secondary N) is 3. The second-order valence-electron chi connectivity index (χ2n) is 9.17. The first-order chi connectivity index (χ1) is 15.8. The van der Waals surface area contributed by atoms with Crippen LogP contribution in [-0.2, 0) is 25.5 Å². The highest BCUT2D eigenvalue weighted by molar-refractivity contribution is 5.95. The molecule has 4 rings (SSSR count). The fourth-order valence-corrected chi connectivity index (χ4v) is 4.18. The molecular weight excluding hydrogens is 422 g/mol. The zero-order chi connectivity index (χ0) is 23.7. The molecule has 3 unspecified atom stereocenters. The number of aryl methyl sites for hydroxylation is 1. The summed E-state index contributed by atoms with van der Waals surface area (Å²) in [5, 5.41) is 7.75. The number of ether oxygens (including phenoxy) is 1. The van der Waals surface area contributed by atoms with Gasteiger partial charge in [0.1, 0.15) is 11.8 Å². The van der Waals surface area contributed by atoms with Crippen LogP contribution in [0.4, 0.5) is 5.69 Å². The quantitative estimate of drug-likeness (QED) is 0.578. The maximum absolute atomic E-state index is 13.2. The van der Waals surface area contributed by atoms with Gasteiger partial charge in [0.25, 0.3) is 11.8 Å². The lowest BCUT2D eigenvalue weighted by atomic mass is 10.0. The van der Waals surface area contributed by atoms with E-state index in [4.69, 9.17) is 4.74 Å². The number of hydrazine groups is 1. The first-order valence-corrected chi connectivity index (χ1v) is 11.7. The Labute approximate surface area is 194 Å². The van der Waals surface area contributed by atoms with Crippen LogP contribution >= 0.6 is 0 Å². The number of benzene rings is 1. The Morgan fingerprint density at radius 3 is 2.70 bits per heavy atom. The molecule has 3 amide bonds. The summed E-state index contributed by atoms with van der Waals surface area (Å²) < 4.78 is 5.21. The van der Waals surface area contributed by atoms with Crippen molar-refractivity contribution >= 4 is 23.4 Å². The molecule has 2 saturated heterocycles. The Bertz CT molecular complexity index is 972. The minimum atomic E-state index is -0.402. The van der Waals surface area contributed by atoms with Crippen LogP contribution in [0, 0.1) is 5.92 Å². The van der Waals surface area contributed by atoms with E-state index in [1.54, 1.807) is 4.90 Å². The Kier molecular flexibility index (Phi) is 6.71. The second kappa shape index (κ2) is 9.52. The molecule has 0 aromatic heterocycles. The topological polar surface area (TPSA) is 103 Å². The lowest BCUT2D eigenvalue weighted by Gasteiger charge is -2.40. The summed E-state index contributed by atoms with van der Waals surface area (Å²) in [5.41, 5.74) is 6.77. The van der Waals surface area contributed by atoms with Gasteiger partial charge in [-0.1, -0.05) is 32.9 Å². The van der Waals surface area contributed by atoms with Crippen LogP contribution in [0.3, 0.4) is 0 Å². The van der Waals surface area contributed by atoms with Crippen LogP contribution < -0.4 is 16.1 Å². The summed E-state index contributed by atoms with van der Waals surface area (Å²) in [6, 6.07) is 5.82. The third-order valence-corrected chi connectivity index (χ3v) is 6.37. The number of rotatable bonds is 7. The molecule has 9 nitrogen and oxygen atoms in total. The van der Waals surface area contributed by atoms with Crippen molar-refractivity contribution in [1.82, 2.24) is 20.7 Å².